The van der Waals surface area contributed by atoms with Gasteiger partial charge in [0.1, 0.15) is 5.75 Å². The van der Waals surface area contributed by atoms with Gasteiger partial charge in [0, 0.05) is 11.3 Å². The molecule has 0 aliphatic heterocycles. The van der Waals surface area contributed by atoms with Gasteiger partial charge in [0.2, 0.25) is 15.8 Å². The monoisotopic (exact) mass is 405 g/mol. The summed E-state index contributed by atoms with van der Waals surface area (Å²) in [4.78, 5) is 24.4. The molecule has 0 aromatic heterocycles. The van der Waals surface area contributed by atoms with Crippen molar-refractivity contribution in [1.29, 1.82) is 0 Å². The fraction of sp³-hybridized carbons (Fsp3) is 0.300. The Labute approximate surface area is 164 Å². The summed E-state index contributed by atoms with van der Waals surface area (Å²) in [7, 11) is -3.40. The molecule has 2 aromatic carbocycles. The van der Waals surface area contributed by atoms with E-state index in [0.29, 0.717) is 17.0 Å². The summed E-state index contributed by atoms with van der Waals surface area (Å²) in [6, 6.07) is 11.5. The van der Waals surface area contributed by atoms with E-state index in [4.69, 9.17) is 9.47 Å². The first-order valence-corrected chi connectivity index (χ1v) is 10.5. The molecule has 1 unspecified atom stereocenters. The molecule has 1 N–H and O–H groups in total. The molecule has 2 aromatic rings. The molecule has 0 aliphatic carbocycles. The normalized spacial score (nSPS) is 12.1. The first-order chi connectivity index (χ1) is 13.0. The van der Waals surface area contributed by atoms with Crippen LogP contribution in [0, 0.1) is 13.8 Å². The second kappa shape index (κ2) is 8.88. The third-order valence-corrected chi connectivity index (χ3v) is 4.31. The Hall–Kier alpha value is -2.87. The van der Waals surface area contributed by atoms with Crippen LogP contribution >= 0.6 is 0 Å². The maximum Gasteiger partial charge on any atom is 0.344 e. The lowest BCUT2D eigenvalue weighted by molar-refractivity contribution is -0.148. The minimum Gasteiger partial charge on any atom is -0.482 e. The van der Waals surface area contributed by atoms with Gasteiger partial charge in [-0.3, -0.25) is 9.52 Å². The summed E-state index contributed by atoms with van der Waals surface area (Å²) in [6.07, 6.45) is 0.0392. The van der Waals surface area contributed by atoms with Crippen LogP contribution in [-0.2, 0) is 19.6 Å². The molecule has 0 radical (unpaired) electrons. The van der Waals surface area contributed by atoms with Crippen LogP contribution in [0.4, 0.5) is 5.69 Å². The lowest BCUT2D eigenvalue weighted by Gasteiger charge is -2.13. The SMILES string of the molecule is Cc1cc(C)cc(OCC(=O)OC(C)C(=O)c2ccc(NS(C)(=O)=O)cc2)c1. The van der Waals surface area contributed by atoms with E-state index < -0.39 is 27.9 Å². The molecule has 0 saturated heterocycles. The van der Waals surface area contributed by atoms with Gasteiger partial charge in [-0.25, -0.2) is 13.2 Å². The number of sulfonamides is 1. The summed E-state index contributed by atoms with van der Waals surface area (Å²) in [6.45, 7) is 5.02. The number of benzene rings is 2. The number of rotatable bonds is 8. The molecule has 2 rings (SSSR count). The van der Waals surface area contributed by atoms with Crippen LogP contribution in [0.1, 0.15) is 28.4 Å². The fourth-order valence-corrected chi connectivity index (χ4v) is 3.16. The van der Waals surface area contributed by atoms with Crippen molar-refractivity contribution in [3.05, 3.63) is 59.2 Å². The summed E-state index contributed by atoms with van der Waals surface area (Å²) in [5.41, 5.74) is 2.67. The minimum atomic E-state index is -3.40. The van der Waals surface area contributed by atoms with E-state index in [-0.39, 0.29) is 6.61 Å². The molecule has 0 spiro atoms. The lowest BCUT2D eigenvalue weighted by Crippen LogP contribution is -2.27. The molecule has 0 amide bonds. The van der Waals surface area contributed by atoms with Gasteiger partial charge in [0.15, 0.2) is 12.7 Å². The Morgan fingerprint density at radius 2 is 1.61 bits per heavy atom. The second-order valence-corrected chi connectivity index (χ2v) is 8.31. The Morgan fingerprint density at radius 3 is 2.14 bits per heavy atom. The zero-order chi connectivity index (χ0) is 20.9. The van der Waals surface area contributed by atoms with E-state index in [2.05, 4.69) is 4.72 Å². The Balaban J connectivity index is 1.91. The van der Waals surface area contributed by atoms with Crippen molar-refractivity contribution < 1.29 is 27.5 Å². The summed E-state index contributed by atoms with van der Waals surface area (Å²) >= 11 is 0. The number of anilines is 1. The van der Waals surface area contributed by atoms with Crippen molar-refractivity contribution in [1.82, 2.24) is 0 Å². The van der Waals surface area contributed by atoms with Crippen molar-refractivity contribution in [2.45, 2.75) is 26.9 Å². The van der Waals surface area contributed by atoms with Gasteiger partial charge in [0.25, 0.3) is 0 Å². The number of nitrogens with one attached hydrogen (secondary N) is 1. The van der Waals surface area contributed by atoms with Crippen LogP contribution < -0.4 is 9.46 Å². The highest BCUT2D eigenvalue weighted by Gasteiger charge is 2.20. The first kappa shape index (κ1) is 21.4. The van der Waals surface area contributed by atoms with Crippen molar-refractivity contribution in [2.75, 3.05) is 17.6 Å². The molecule has 0 saturated carbocycles. The Kier molecular flexibility index (Phi) is 6.80. The third-order valence-electron chi connectivity index (χ3n) is 3.70. The predicted octanol–water partition coefficient (Wildman–Crippen LogP) is 2.87. The largest absolute Gasteiger partial charge is 0.482 e. The van der Waals surface area contributed by atoms with Gasteiger partial charge >= 0.3 is 5.97 Å². The van der Waals surface area contributed by atoms with Gasteiger partial charge in [0.05, 0.1) is 6.26 Å². The molecule has 0 fully saturated rings. The highest BCUT2D eigenvalue weighted by Crippen LogP contribution is 2.17. The van der Waals surface area contributed by atoms with E-state index in [0.717, 1.165) is 17.4 Å². The van der Waals surface area contributed by atoms with Crippen molar-refractivity contribution >= 4 is 27.5 Å². The zero-order valence-corrected chi connectivity index (χ0v) is 17.0. The van der Waals surface area contributed by atoms with Crippen LogP contribution in [0.3, 0.4) is 0 Å². The highest BCUT2D eigenvalue weighted by atomic mass is 32.2. The molecule has 0 bridgehead atoms. The molecule has 0 aliphatic rings. The second-order valence-electron chi connectivity index (χ2n) is 6.56. The number of carbonyl (C=O) groups excluding carboxylic acids is 2. The Morgan fingerprint density at radius 1 is 1.04 bits per heavy atom. The van der Waals surface area contributed by atoms with Crippen LogP contribution in [0.2, 0.25) is 0 Å². The molecule has 8 heteroatoms. The van der Waals surface area contributed by atoms with Crippen LogP contribution in [-0.4, -0.2) is 39.1 Å². The molecular weight excluding hydrogens is 382 g/mol. The maximum absolute atomic E-state index is 12.4. The van der Waals surface area contributed by atoms with E-state index in [9.17, 15) is 18.0 Å². The van der Waals surface area contributed by atoms with Gasteiger partial charge in [-0.1, -0.05) is 6.07 Å². The number of ketones is 1. The molecule has 28 heavy (non-hydrogen) atoms. The van der Waals surface area contributed by atoms with Crippen molar-refractivity contribution in [3.8, 4) is 5.75 Å². The number of hydrogen-bond donors (Lipinski definition) is 1. The van der Waals surface area contributed by atoms with Crippen molar-refractivity contribution in [2.24, 2.45) is 0 Å². The average molecular weight is 405 g/mol. The number of carbonyl (C=O) groups is 2. The molecule has 150 valence electrons. The molecular formula is C20H23NO6S. The van der Waals surface area contributed by atoms with Crippen molar-refractivity contribution in [3.63, 3.8) is 0 Å². The zero-order valence-electron chi connectivity index (χ0n) is 16.2. The quantitative estimate of drug-likeness (QED) is 0.536. The maximum atomic E-state index is 12.4. The summed E-state index contributed by atoms with van der Waals surface area (Å²) < 4.78 is 35.3. The summed E-state index contributed by atoms with van der Waals surface area (Å²) in [5, 5.41) is 0. The van der Waals surface area contributed by atoms with Crippen LogP contribution in [0.15, 0.2) is 42.5 Å². The predicted molar refractivity (Wildman–Crippen MR) is 106 cm³/mol. The fourth-order valence-electron chi connectivity index (χ4n) is 2.59. The third kappa shape index (κ3) is 6.70. The number of hydrogen-bond acceptors (Lipinski definition) is 6. The Bertz CT molecular complexity index is 946. The van der Waals surface area contributed by atoms with Crippen LogP contribution in [0.25, 0.3) is 0 Å². The van der Waals surface area contributed by atoms with E-state index in [1.165, 1.54) is 31.2 Å². The van der Waals surface area contributed by atoms with E-state index >= 15 is 0 Å². The average Bonchev–Trinajstić information content (AvgIpc) is 2.58. The van der Waals surface area contributed by atoms with E-state index in [1.54, 1.807) is 12.1 Å². The topological polar surface area (TPSA) is 98.8 Å². The van der Waals surface area contributed by atoms with Gasteiger partial charge in [-0.2, -0.15) is 0 Å². The lowest BCUT2D eigenvalue weighted by atomic mass is 10.1. The number of Topliss-reactive ketones (excluding diaryl/α,β-unsaturated/α-hetero) is 1. The van der Waals surface area contributed by atoms with Gasteiger partial charge < -0.3 is 9.47 Å². The van der Waals surface area contributed by atoms with Gasteiger partial charge in [-0.15, -0.1) is 0 Å². The standard InChI is InChI=1S/C20H23NO6S/c1-13-9-14(2)11-18(10-13)26-12-19(22)27-15(3)20(23)16-5-7-17(8-6-16)21-28(4,24)25/h5-11,15,21H,12H2,1-4H3. The molecule has 1 atom stereocenters. The van der Waals surface area contributed by atoms with Crippen LogP contribution in [0.5, 0.6) is 5.75 Å². The smallest absolute Gasteiger partial charge is 0.344 e. The van der Waals surface area contributed by atoms with E-state index in [1.807, 2.05) is 19.9 Å². The minimum absolute atomic E-state index is 0.301. The number of aryl methyl sites for hydroxylation is 2. The highest BCUT2D eigenvalue weighted by molar-refractivity contribution is 7.92. The summed E-state index contributed by atoms with van der Waals surface area (Å²) in [5.74, 6) is -0.497. The number of esters is 1. The number of ether oxygens (including phenoxy) is 2. The molecule has 0 heterocycles. The molecule has 7 nitrogen and oxygen atoms in total. The first-order valence-electron chi connectivity index (χ1n) is 8.56. The van der Waals surface area contributed by atoms with Gasteiger partial charge in [-0.05, 0) is 68.3 Å².